The summed E-state index contributed by atoms with van der Waals surface area (Å²) in [5.74, 6) is -0.140. The van der Waals surface area contributed by atoms with E-state index in [0.29, 0.717) is 12.1 Å². The zero-order chi connectivity index (χ0) is 11.5. The van der Waals surface area contributed by atoms with Crippen LogP contribution in [0.1, 0.15) is 17.3 Å². The smallest absolute Gasteiger partial charge is 0.255 e. The second kappa shape index (κ2) is 4.32. The van der Waals surface area contributed by atoms with Gasteiger partial charge in [-0.3, -0.25) is 4.79 Å². The van der Waals surface area contributed by atoms with Crippen LogP contribution in [0.5, 0.6) is 0 Å². The van der Waals surface area contributed by atoms with E-state index >= 15 is 0 Å². The Kier molecular flexibility index (Phi) is 2.87. The van der Waals surface area contributed by atoms with Crippen molar-refractivity contribution in [2.75, 3.05) is 6.54 Å². The van der Waals surface area contributed by atoms with E-state index in [1.165, 1.54) is 0 Å². The van der Waals surface area contributed by atoms with Crippen molar-refractivity contribution in [2.45, 2.75) is 13.0 Å². The zero-order valence-corrected chi connectivity index (χ0v) is 9.05. The van der Waals surface area contributed by atoms with Gasteiger partial charge in [-0.25, -0.2) is 4.52 Å². The van der Waals surface area contributed by atoms with Gasteiger partial charge in [0.05, 0.1) is 17.3 Å². The third-order valence-electron chi connectivity index (χ3n) is 2.40. The van der Waals surface area contributed by atoms with Gasteiger partial charge in [-0.2, -0.15) is 5.10 Å². The summed E-state index contributed by atoms with van der Waals surface area (Å²) in [7, 11) is 0. The summed E-state index contributed by atoms with van der Waals surface area (Å²) >= 11 is 0. The molecule has 0 saturated heterocycles. The monoisotopic (exact) mass is 218 g/mol. The molecule has 1 atom stereocenters. The van der Waals surface area contributed by atoms with Gasteiger partial charge in [-0.05, 0) is 19.1 Å². The predicted octanol–water partition coefficient (Wildman–Crippen LogP) is 0.411. The van der Waals surface area contributed by atoms with Gasteiger partial charge >= 0.3 is 0 Å². The van der Waals surface area contributed by atoms with Crippen LogP contribution in [-0.2, 0) is 0 Å². The molecule has 84 valence electrons. The average molecular weight is 218 g/mol. The lowest BCUT2D eigenvalue weighted by Gasteiger charge is -2.10. The first-order valence-corrected chi connectivity index (χ1v) is 5.15. The fourth-order valence-corrected chi connectivity index (χ4v) is 1.47. The maximum atomic E-state index is 11.9. The first-order valence-electron chi connectivity index (χ1n) is 5.15. The van der Waals surface area contributed by atoms with E-state index in [1.807, 2.05) is 25.1 Å². The molecule has 0 spiro atoms. The molecule has 5 nitrogen and oxygen atoms in total. The molecule has 1 amide bonds. The fourth-order valence-electron chi connectivity index (χ4n) is 1.47. The number of hydrogen-bond acceptors (Lipinski definition) is 3. The number of amides is 1. The quantitative estimate of drug-likeness (QED) is 0.783. The second-order valence-electron chi connectivity index (χ2n) is 3.70. The van der Waals surface area contributed by atoms with Crippen LogP contribution < -0.4 is 11.1 Å². The van der Waals surface area contributed by atoms with Crippen molar-refractivity contribution in [3.05, 3.63) is 36.2 Å². The fraction of sp³-hybridized carbons (Fsp3) is 0.273. The van der Waals surface area contributed by atoms with Crippen molar-refractivity contribution < 1.29 is 4.79 Å². The van der Waals surface area contributed by atoms with Crippen LogP contribution in [0.2, 0.25) is 0 Å². The molecule has 16 heavy (non-hydrogen) atoms. The van der Waals surface area contributed by atoms with Crippen LogP contribution in [0.3, 0.4) is 0 Å². The lowest BCUT2D eigenvalue weighted by Crippen LogP contribution is -2.37. The second-order valence-corrected chi connectivity index (χ2v) is 3.70. The third-order valence-corrected chi connectivity index (χ3v) is 2.40. The molecule has 3 N–H and O–H groups in total. The molecule has 2 aromatic heterocycles. The van der Waals surface area contributed by atoms with Gasteiger partial charge in [0.1, 0.15) is 0 Å². The molecule has 0 bridgehead atoms. The Hall–Kier alpha value is -1.88. The van der Waals surface area contributed by atoms with E-state index in [9.17, 15) is 4.79 Å². The van der Waals surface area contributed by atoms with Crippen LogP contribution in [0.15, 0.2) is 30.6 Å². The number of fused-ring (bicyclic) bond motifs is 1. The molecule has 0 aliphatic carbocycles. The molecule has 0 aromatic carbocycles. The minimum Gasteiger partial charge on any atom is -0.348 e. The van der Waals surface area contributed by atoms with Crippen LogP contribution in [-0.4, -0.2) is 28.1 Å². The summed E-state index contributed by atoms with van der Waals surface area (Å²) in [6.07, 6.45) is 3.37. The van der Waals surface area contributed by atoms with Gasteiger partial charge in [0.25, 0.3) is 5.91 Å². The summed E-state index contributed by atoms with van der Waals surface area (Å²) in [5, 5.41) is 6.90. The van der Waals surface area contributed by atoms with Crippen LogP contribution in [0, 0.1) is 0 Å². The summed E-state index contributed by atoms with van der Waals surface area (Å²) < 4.78 is 1.67. The summed E-state index contributed by atoms with van der Waals surface area (Å²) in [4.78, 5) is 11.9. The Balaban J connectivity index is 2.30. The number of hydrogen-bond donors (Lipinski definition) is 2. The third kappa shape index (κ3) is 1.90. The SMILES string of the molecule is CC(CN)NC(=O)c1cnn2ccccc12. The first-order chi connectivity index (χ1) is 7.72. The highest BCUT2D eigenvalue weighted by Crippen LogP contribution is 2.09. The molecule has 5 heteroatoms. The highest BCUT2D eigenvalue weighted by atomic mass is 16.1. The standard InChI is InChI=1S/C11H14N4O/c1-8(6-12)14-11(16)9-7-13-15-5-3-2-4-10(9)15/h2-5,7-8H,6,12H2,1H3,(H,14,16). The van der Waals surface area contributed by atoms with Crippen molar-refractivity contribution in [2.24, 2.45) is 5.73 Å². The highest BCUT2D eigenvalue weighted by Gasteiger charge is 2.13. The van der Waals surface area contributed by atoms with Crippen molar-refractivity contribution in [3.63, 3.8) is 0 Å². The Bertz CT molecular complexity index is 505. The van der Waals surface area contributed by atoms with E-state index in [1.54, 1.807) is 16.9 Å². The molecule has 0 aliphatic heterocycles. The number of nitrogens with zero attached hydrogens (tertiary/aromatic N) is 2. The minimum absolute atomic E-state index is 0.0360. The molecule has 2 heterocycles. The van der Waals surface area contributed by atoms with Crippen molar-refractivity contribution in [1.82, 2.24) is 14.9 Å². The van der Waals surface area contributed by atoms with E-state index in [0.717, 1.165) is 5.52 Å². The minimum atomic E-state index is -0.140. The van der Waals surface area contributed by atoms with Gasteiger partial charge in [0.15, 0.2) is 0 Å². The van der Waals surface area contributed by atoms with Gasteiger partial charge < -0.3 is 11.1 Å². The normalized spacial score (nSPS) is 12.6. The molecule has 2 rings (SSSR count). The van der Waals surface area contributed by atoms with Gasteiger partial charge in [-0.15, -0.1) is 0 Å². The molecule has 0 saturated carbocycles. The maximum Gasteiger partial charge on any atom is 0.255 e. The van der Waals surface area contributed by atoms with Gasteiger partial charge in [-0.1, -0.05) is 6.07 Å². The number of aromatic nitrogens is 2. The predicted molar refractivity (Wildman–Crippen MR) is 61.2 cm³/mol. The number of carbonyl (C=O) groups excluding carboxylic acids is 1. The van der Waals surface area contributed by atoms with E-state index in [-0.39, 0.29) is 11.9 Å². The molecular weight excluding hydrogens is 204 g/mol. The Morgan fingerprint density at radius 1 is 1.62 bits per heavy atom. The largest absolute Gasteiger partial charge is 0.348 e. The number of carbonyl (C=O) groups is 1. The number of pyridine rings is 1. The Labute approximate surface area is 93.2 Å². The van der Waals surface area contributed by atoms with Crippen LogP contribution >= 0.6 is 0 Å². The first kappa shape index (κ1) is 10.6. The van der Waals surface area contributed by atoms with E-state index in [2.05, 4.69) is 10.4 Å². The van der Waals surface area contributed by atoms with Crippen LogP contribution in [0.4, 0.5) is 0 Å². The molecule has 1 unspecified atom stereocenters. The van der Waals surface area contributed by atoms with Gasteiger partial charge in [0, 0.05) is 18.8 Å². The van der Waals surface area contributed by atoms with E-state index in [4.69, 9.17) is 5.73 Å². The topological polar surface area (TPSA) is 72.4 Å². The number of nitrogens with one attached hydrogen (secondary N) is 1. The maximum absolute atomic E-state index is 11.9. The Morgan fingerprint density at radius 3 is 3.19 bits per heavy atom. The molecule has 0 radical (unpaired) electrons. The Morgan fingerprint density at radius 2 is 2.44 bits per heavy atom. The molecule has 2 aromatic rings. The van der Waals surface area contributed by atoms with E-state index < -0.39 is 0 Å². The average Bonchev–Trinajstić information content (AvgIpc) is 2.72. The summed E-state index contributed by atoms with van der Waals surface area (Å²) in [5.41, 5.74) is 6.82. The summed E-state index contributed by atoms with van der Waals surface area (Å²) in [6.45, 7) is 2.29. The highest BCUT2D eigenvalue weighted by molar-refractivity contribution is 6.00. The number of nitrogens with two attached hydrogens (primary N) is 1. The number of rotatable bonds is 3. The van der Waals surface area contributed by atoms with Crippen molar-refractivity contribution in [1.29, 1.82) is 0 Å². The summed E-state index contributed by atoms with van der Waals surface area (Å²) in [6, 6.07) is 5.56. The molecular formula is C11H14N4O. The lowest BCUT2D eigenvalue weighted by molar-refractivity contribution is 0.0943. The van der Waals surface area contributed by atoms with Crippen molar-refractivity contribution >= 4 is 11.4 Å². The lowest BCUT2D eigenvalue weighted by atomic mass is 10.2. The van der Waals surface area contributed by atoms with Gasteiger partial charge in [0.2, 0.25) is 0 Å². The molecule has 0 aliphatic rings. The zero-order valence-electron chi connectivity index (χ0n) is 9.05. The van der Waals surface area contributed by atoms with Crippen molar-refractivity contribution in [3.8, 4) is 0 Å². The molecule has 0 fully saturated rings. The van der Waals surface area contributed by atoms with Crippen LogP contribution in [0.25, 0.3) is 5.52 Å².